The maximum atomic E-state index is 12.5. The first kappa shape index (κ1) is 20.7. The van der Waals surface area contributed by atoms with Crippen LogP contribution in [0.3, 0.4) is 0 Å². The van der Waals surface area contributed by atoms with Crippen LogP contribution in [0.2, 0.25) is 0 Å². The fraction of sp³-hybridized carbons (Fsp3) is 0.348. The van der Waals surface area contributed by atoms with Gasteiger partial charge in [-0.25, -0.2) is 5.48 Å². The third kappa shape index (κ3) is 4.54. The molecule has 3 aromatic rings. The number of H-pyrrole nitrogens is 1. The van der Waals surface area contributed by atoms with Gasteiger partial charge in [-0.1, -0.05) is 25.1 Å². The predicted molar refractivity (Wildman–Crippen MR) is 113 cm³/mol. The molecule has 0 aliphatic carbocycles. The molecule has 0 saturated carbocycles. The van der Waals surface area contributed by atoms with E-state index in [0.717, 1.165) is 28.5 Å². The molecule has 0 aliphatic rings. The maximum Gasteiger partial charge on any atom is 0.244 e. The number of methoxy groups -OCH3 is 2. The van der Waals surface area contributed by atoms with Crippen LogP contribution in [0.4, 0.5) is 0 Å². The van der Waals surface area contributed by atoms with Gasteiger partial charge in [0.1, 0.15) is 11.5 Å². The molecule has 1 unspecified atom stereocenters. The highest BCUT2D eigenvalue weighted by atomic mass is 16.6. The zero-order valence-corrected chi connectivity index (χ0v) is 17.4. The minimum atomic E-state index is -0.194. The highest BCUT2D eigenvalue weighted by molar-refractivity contribution is 5.88. The fourth-order valence-corrected chi connectivity index (χ4v) is 3.64. The quantitative estimate of drug-likeness (QED) is 0.528. The number of hydroxylamine groups is 1. The summed E-state index contributed by atoms with van der Waals surface area (Å²) >= 11 is 0. The topological polar surface area (TPSA) is 72.6 Å². The summed E-state index contributed by atoms with van der Waals surface area (Å²) in [7, 11) is 3.24. The number of amides is 1. The first-order chi connectivity index (χ1) is 14.1. The summed E-state index contributed by atoms with van der Waals surface area (Å²) in [5.74, 6) is 0.993. The van der Waals surface area contributed by atoms with E-state index in [2.05, 4.69) is 35.6 Å². The number of aryl methyl sites for hydroxylation is 1. The first-order valence-electron chi connectivity index (χ1n) is 9.83. The van der Waals surface area contributed by atoms with E-state index in [4.69, 9.17) is 14.3 Å². The van der Waals surface area contributed by atoms with Crippen molar-refractivity contribution in [2.24, 2.45) is 0 Å². The van der Waals surface area contributed by atoms with Crippen LogP contribution < -0.4 is 15.0 Å². The van der Waals surface area contributed by atoms with Crippen molar-refractivity contribution in [3.05, 3.63) is 59.3 Å². The molecule has 1 heterocycles. The van der Waals surface area contributed by atoms with Gasteiger partial charge in [-0.15, -0.1) is 0 Å². The molecule has 0 saturated heterocycles. The van der Waals surface area contributed by atoms with Crippen molar-refractivity contribution in [2.45, 2.75) is 32.6 Å². The molecule has 2 N–H and O–H groups in total. The van der Waals surface area contributed by atoms with Gasteiger partial charge >= 0.3 is 0 Å². The largest absolute Gasteiger partial charge is 0.497 e. The van der Waals surface area contributed by atoms with Crippen molar-refractivity contribution in [1.29, 1.82) is 0 Å². The molecule has 1 aromatic heterocycles. The maximum absolute atomic E-state index is 12.5. The number of hydrogen-bond acceptors (Lipinski definition) is 4. The van der Waals surface area contributed by atoms with Crippen LogP contribution in [-0.4, -0.2) is 31.7 Å². The molecule has 0 fully saturated rings. The Morgan fingerprint density at radius 3 is 2.45 bits per heavy atom. The molecule has 29 heavy (non-hydrogen) atoms. The second-order valence-electron chi connectivity index (χ2n) is 6.80. The second-order valence-corrected chi connectivity index (χ2v) is 6.80. The lowest BCUT2D eigenvalue weighted by molar-refractivity contribution is -0.133. The summed E-state index contributed by atoms with van der Waals surface area (Å²) in [6.45, 7) is 4.38. The lowest BCUT2D eigenvalue weighted by Gasteiger charge is -2.19. The number of aromatic nitrogens is 1. The summed E-state index contributed by atoms with van der Waals surface area (Å²) < 4.78 is 10.9. The Labute approximate surface area is 171 Å². The molecule has 1 amide bonds. The number of aromatic amines is 1. The van der Waals surface area contributed by atoms with Gasteiger partial charge in [-0.2, -0.15) is 0 Å². The lowest BCUT2D eigenvalue weighted by atomic mass is 9.87. The van der Waals surface area contributed by atoms with Gasteiger partial charge in [-0.3, -0.25) is 9.63 Å². The van der Waals surface area contributed by atoms with Crippen LogP contribution in [0.1, 0.15) is 42.9 Å². The van der Waals surface area contributed by atoms with Crippen molar-refractivity contribution in [1.82, 2.24) is 10.5 Å². The molecule has 6 heteroatoms. The normalized spacial score (nSPS) is 12.0. The van der Waals surface area contributed by atoms with Gasteiger partial charge < -0.3 is 14.5 Å². The van der Waals surface area contributed by atoms with Gasteiger partial charge in [0, 0.05) is 35.5 Å². The number of ether oxygens (including phenoxy) is 2. The van der Waals surface area contributed by atoms with E-state index >= 15 is 0 Å². The third-order valence-corrected chi connectivity index (χ3v) is 5.09. The van der Waals surface area contributed by atoms with E-state index in [1.54, 1.807) is 14.2 Å². The number of fused-ring (bicyclic) bond motifs is 1. The molecule has 0 bridgehead atoms. The molecule has 154 valence electrons. The Morgan fingerprint density at radius 2 is 1.83 bits per heavy atom. The van der Waals surface area contributed by atoms with Gasteiger partial charge in [0.25, 0.3) is 0 Å². The second kappa shape index (κ2) is 9.47. The van der Waals surface area contributed by atoms with Crippen LogP contribution in [0.25, 0.3) is 10.9 Å². The average Bonchev–Trinajstić information content (AvgIpc) is 3.19. The Bertz CT molecular complexity index is 958. The molecule has 0 aliphatic heterocycles. The van der Waals surface area contributed by atoms with Gasteiger partial charge in [0.05, 0.1) is 20.8 Å². The van der Waals surface area contributed by atoms with Crippen molar-refractivity contribution < 1.29 is 19.1 Å². The molecule has 0 spiro atoms. The monoisotopic (exact) mass is 396 g/mol. The van der Waals surface area contributed by atoms with Crippen molar-refractivity contribution in [2.75, 3.05) is 20.8 Å². The number of carbonyl (C=O) groups excluding carboxylic acids is 1. The summed E-state index contributed by atoms with van der Waals surface area (Å²) in [5, 5.41) is 1.11. The number of nitrogens with one attached hydrogen (secondary N) is 2. The van der Waals surface area contributed by atoms with E-state index in [9.17, 15) is 4.79 Å². The minimum Gasteiger partial charge on any atom is -0.497 e. The van der Waals surface area contributed by atoms with E-state index < -0.39 is 0 Å². The zero-order valence-electron chi connectivity index (χ0n) is 17.4. The van der Waals surface area contributed by atoms with E-state index in [1.807, 2.05) is 31.3 Å². The Hall–Kier alpha value is -2.99. The number of para-hydroxylation sites is 1. The van der Waals surface area contributed by atoms with Crippen molar-refractivity contribution >= 4 is 16.8 Å². The Kier molecular flexibility index (Phi) is 6.77. The Morgan fingerprint density at radius 1 is 1.10 bits per heavy atom. The summed E-state index contributed by atoms with van der Waals surface area (Å²) in [4.78, 5) is 21.1. The van der Waals surface area contributed by atoms with E-state index in [-0.39, 0.29) is 18.2 Å². The van der Waals surface area contributed by atoms with Crippen LogP contribution in [0, 0.1) is 0 Å². The third-order valence-electron chi connectivity index (χ3n) is 5.09. The SMILES string of the molecule is CCONC(=O)CC(c1cc(OC)cc(OC)c1)c1c[nH]c2c(CC)cccc12. The molecule has 1 atom stereocenters. The highest BCUT2D eigenvalue weighted by Gasteiger charge is 2.23. The molecular formula is C23H28N2O4. The number of rotatable bonds is 9. The standard InChI is InChI=1S/C23H28N2O4/c1-5-15-8-7-9-19-21(14-24-23(15)19)20(13-22(26)25-29-6-2)16-10-17(27-3)12-18(11-16)28-4/h7-12,14,20,24H,5-6,13H2,1-4H3,(H,25,26). The van der Waals surface area contributed by atoms with Crippen LogP contribution in [0.15, 0.2) is 42.6 Å². The lowest BCUT2D eigenvalue weighted by Crippen LogP contribution is -2.25. The number of hydrogen-bond donors (Lipinski definition) is 2. The number of carbonyl (C=O) groups is 1. The summed E-state index contributed by atoms with van der Waals surface area (Å²) in [6, 6.07) is 12.0. The molecule has 6 nitrogen and oxygen atoms in total. The minimum absolute atomic E-state index is 0.181. The molecule has 2 aromatic carbocycles. The van der Waals surface area contributed by atoms with Crippen LogP contribution in [0.5, 0.6) is 11.5 Å². The van der Waals surface area contributed by atoms with Gasteiger partial charge in [0.2, 0.25) is 5.91 Å². The zero-order chi connectivity index (χ0) is 20.8. The average molecular weight is 396 g/mol. The van der Waals surface area contributed by atoms with Crippen LogP contribution in [-0.2, 0) is 16.1 Å². The predicted octanol–water partition coefficient (Wildman–Crippen LogP) is 4.34. The molecular weight excluding hydrogens is 368 g/mol. The smallest absolute Gasteiger partial charge is 0.244 e. The fourth-order valence-electron chi connectivity index (χ4n) is 3.64. The summed E-state index contributed by atoms with van der Waals surface area (Å²) in [6.07, 6.45) is 3.16. The van der Waals surface area contributed by atoms with Crippen LogP contribution >= 0.6 is 0 Å². The molecule has 3 rings (SSSR count). The van der Waals surface area contributed by atoms with Gasteiger partial charge in [0.15, 0.2) is 0 Å². The van der Waals surface area contributed by atoms with Gasteiger partial charge in [-0.05, 0) is 42.2 Å². The molecule has 0 radical (unpaired) electrons. The Balaban J connectivity index is 2.10. The number of benzene rings is 2. The van der Waals surface area contributed by atoms with Crippen molar-refractivity contribution in [3.63, 3.8) is 0 Å². The van der Waals surface area contributed by atoms with Crippen molar-refractivity contribution in [3.8, 4) is 11.5 Å². The van der Waals surface area contributed by atoms with E-state index in [1.165, 1.54) is 5.56 Å². The summed E-state index contributed by atoms with van der Waals surface area (Å²) in [5.41, 5.74) is 6.86. The first-order valence-corrected chi connectivity index (χ1v) is 9.83. The highest BCUT2D eigenvalue weighted by Crippen LogP contribution is 2.37. The van der Waals surface area contributed by atoms with E-state index in [0.29, 0.717) is 18.1 Å².